The van der Waals surface area contributed by atoms with Crippen molar-refractivity contribution in [2.75, 3.05) is 13.1 Å². The maximum atomic E-state index is 12.6. The van der Waals surface area contributed by atoms with Crippen molar-refractivity contribution in [3.05, 3.63) is 35.9 Å². The van der Waals surface area contributed by atoms with Crippen molar-refractivity contribution < 1.29 is 14.7 Å². The van der Waals surface area contributed by atoms with E-state index in [0.29, 0.717) is 31.3 Å². The summed E-state index contributed by atoms with van der Waals surface area (Å²) in [4.78, 5) is 26.0. The minimum absolute atomic E-state index is 0.0928. The van der Waals surface area contributed by atoms with Crippen LogP contribution in [0.15, 0.2) is 30.3 Å². The first kappa shape index (κ1) is 17.5. The summed E-state index contributed by atoms with van der Waals surface area (Å²) in [6.07, 6.45) is 1.49. The molecular weight excluding hydrogens is 290 g/mol. The Morgan fingerprint density at radius 3 is 2.39 bits per heavy atom. The van der Waals surface area contributed by atoms with Gasteiger partial charge in [0.15, 0.2) is 0 Å². The highest BCUT2D eigenvalue weighted by Gasteiger charge is 2.40. The van der Waals surface area contributed by atoms with E-state index in [1.807, 2.05) is 30.3 Å². The van der Waals surface area contributed by atoms with Gasteiger partial charge in [-0.15, -0.1) is 0 Å². The van der Waals surface area contributed by atoms with Crippen molar-refractivity contribution in [1.29, 1.82) is 0 Å². The van der Waals surface area contributed by atoms with Crippen LogP contribution in [0.2, 0.25) is 0 Å². The Morgan fingerprint density at radius 1 is 1.22 bits per heavy atom. The van der Waals surface area contributed by atoms with Crippen molar-refractivity contribution in [2.24, 2.45) is 17.8 Å². The molecule has 1 fully saturated rings. The molecule has 1 aromatic rings. The lowest BCUT2D eigenvalue weighted by Gasteiger charge is -2.23. The highest BCUT2D eigenvalue weighted by atomic mass is 16.4. The molecule has 126 valence electrons. The van der Waals surface area contributed by atoms with Gasteiger partial charge in [-0.1, -0.05) is 57.5 Å². The second-order valence-electron chi connectivity index (χ2n) is 6.88. The molecule has 0 aliphatic carbocycles. The van der Waals surface area contributed by atoms with Crippen molar-refractivity contribution in [3.63, 3.8) is 0 Å². The Bertz CT molecular complexity index is 541. The molecular formula is C19H27NO3. The van der Waals surface area contributed by atoms with Crippen LogP contribution in [0.3, 0.4) is 0 Å². The summed E-state index contributed by atoms with van der Waals surface area (Å²) >= 11 is 0. The van der Waals surface area contributed by atoms with Crippen LogP contribution in [0.5, 0.6) is 0 Å². The van der Waals surface area contributed by atoms with E-state index in [2.05, 4.69) is 20.8 Å². The number of carbonyl (C=O) groups is 2. The van der Waals surface area contributed by atoms with E-state index in [1.54, 1.807) is 4.90 Å². The summed E-state index contributed by atoms with van der Waals surface area (Å²) in [5, 5.41) is 9.52. The summed E-state index contributed by atoms with van der Waals surface area (Å²) in [6, 6.07) is 9.68. The van der Waals surface area contributed by atoms with E-state index < -0.39 is 11.9 Å². The number of rotatable bonds is 6. The standard InChI is InChI=1S/C19H27NO3/c1-4-14(13(2)3)10-18(21)20-11-16(17(12-20)19(22)23)15-8-6-5-7-9-15/h5-9,13-14,16-17H,4,10-12H2,1-3H3,(H,22,23). The molecule has 0 radical (unpaired) electrons. The Balaban J connectivity index is 2.11. The summed E-state index contributed by atoms with van der Waals surface area (Å²) in [6.45, 7) is 7.21. The van der Waals surface area contributed by atoms with Gasteiger partial charge in [0.2, 0.25) is 5.91 Å². The molecule has 4 heteroatoms. The van der Waals surface area contributed by atoms with Gasteiger partial charge in [-0.2, -0.15) is 0 Å². The van der Waals surface area contributed by atoms with E-state index >= 15 is 0 Å². The minimum atomic E-state index is -0.815. The van der Waals surface area contributed by atoms with Crippen LogP contribution in [0.25, 0.3) is 0 Å². The van der Waals surface area contributed by atoms with Crippen molar-refractivity contribution in [3.8, 4) is 0 Å². The first-order valence-electron chi connectivity index (χ1n) is 8.49. The van der Waals surface area contributed by atoms with Gasteiger partial charge in [0.05, 0.1) is 5.92 Å². The normalized spacial score (nSPS) is 22.3. The SMILES string of the molecule is CCC(CC(=O)N1CC(C(=O)O)C(c2ccccc2)C1)C(C)C. The lowest BCUT2D eigenvalue weighted by Crippen LogP contribution is -2.32. The number of carboxylic acids is 1. The molecule has 0 saturated carbocycles. The second kappa shape index (κ2) is 7.62. The molecule has 4 nitrogen and oxygen atoms in total. The number of likely N-dealkylation sites (tertiary alicyclic amines) is 1. The molecule has 3 unspecified atom stereocenters. The van der Waals surface area contributed by atoms with E-state index in [0.717, 1.165) is 12.0 Å². The molecule has 1 aliphatic rings. The number of nitrogens with zero attached hydrogens (tertiary/aromatic N) is 1. The van der Waals surface area contributed by atoms with Crippen LogP contribution in [0.4, 0.5) is 0 Å². The molecule has 1 aliphatic heterocycles. The van der Waals surface area contributed by atoms with E-state index in [-0.39, 0.29) is 11.8 Å². The number of carbonyl (C=O) groups excluding carboxylic acids is 1. The van der Waals surface area contributed by atoms with Gasteiger partial charge in [-0.3, -0.25) is 9.59 Å². The quantitative estimate of drug-likeness (QED) is 0.875. The third-order valence-corrected chi connectivity index (χ3v) is 5.12. The van der Waals surface area contributed by atoms with Crippen molar-refractivity contribution >= 4 is 11.9 Å². The predicted molar refractivity (Wildman–Crippen MR) is 90.1 cm³/mol. The molecule has 0 bridgehead atoms. The molecule has 1 amide bonds. The van der Waals surface area contributed by atoms with E-state index in [4.69, 9.17) is 0 Å². The molecule has 1 N–H and O–H groups in total. The highest BCUT2D eigenvalue weighted by molar-refractivity contribution is 5.79. The zero-order chi connectivity index (χ0) is 17.0. The van der Waals surface area contributed by atoms with Crippen LogP contribution >= 0.6 is 0 Å². The smallest absolute Gasteiger partial charge is 0.308 e. The number of hydrogen-bond donors (Lipinski definition) is 1. The van der Waals surface area contributed by atoms with E-state index in [1.165, 1.54) is 0 Å². The van der Waals surface area contributed by atoms with Crippen molar-refractivity contribution in [1.82, 2.24) is 4.90 Å². The number of hydrogen-bond acceptors (Lipinski definition) is 2. The van der Waals surface area contributed by atoms with Gasteiger partial charge in [-0.05, 0) is 17.4 Å². The minimum Gasteiger partial charge on any atom is -0.481 e. The fourth-order valence-corrected chi connectivity index (χ4v) is 3.50. The van der Waals surface area contributed by atoms with Crippen LogP contribution in [0.1, 0.15) is 45.1 Å². The molecule has 1 saturated heterocycles. The number of benzene rings is 1. The molecule has 2 rings (SSSR count). The maximum absolute atomic E-state index is 12.6. The zero-order valence-corrected chi connectivity index (χ0v) is 14.2. The molecule has 0 aromatic heterocycles. The Labute approximate surface area is 138 Å². The predicted octanol–water partition coefficient (Wildman–Crippen LogP) is 3.39. The maximum Gasteiger partial charge on any atom is 0.308 e. The van der Waals surface area contributed by atoms with Crippen molar-refractivity contribution in [2.45, 2.75) is 39.5 Å². The van der Waals surface area contributed by atoms with Crippen LogP contribution in [-0.2, 0) is 9.59 Å². The van der Waals surface area contributed by atoms with E-state index in [9.17, 15) is 14.7 Å². The number of aliphatic carboxylic acids is 1. The van der Waals surface area contributed by atoms with Gasteiger partial charge in [0, 0.05) is 25.4 Å². The molecule has 1 heterocycles. The molecule has 0 spiro atoms. The first-order valence-corrected chi connectivity index (χ1v) is 8.49. The van der Waals surface area contributed by atoms with Gasteiger partial charge in [-0.25, -0.2) is 0 Å². The third kappa shape index (κ3) is 4.12. The molecule has 23 heavy (non-hydrogen) atoms. The first-order chi connectivity index (χ1) is 10.9. The highest BCUT2D eigenvalue weighted by Crippen LogP contribution is 2.34. The Hall–Kier alpha value is -1.84. The van der Waals surface area contributed by atoms with Gasteiger partial charge in [0.25, 0.3) is 0 Å². The van der Waals surface area contributed by atoms with Gasteiger partial charge in [0.1, 0.15) is 0 Å². The second-order valence-corrected chi connectivity index (χ2v) is 6.88. The molecule has 3 atom stereocenters. The average molecular weight is 317 g/mol. The fraction of sp³-hybridized carbons (Fsp3) is 0.579. The molecule has 1 aromatic carbocycles. The van der Waals surface area contributed by atoms with Gasteiger partial charge >= 0.3 is 5.97 Å². The van der Waals surface area contributed by atoms with Crippen LogP contribution < -0.4 is 0 Å². The largest absolute Gasteiger partial charge is 0.481 e. The summed E-state index contributed by atoms with van der Waals surface area (Å²) in [5.41, 5.74) is 1.01. The third-order valence-electron chi connectivity index (χ3n) is 5.12. The van der Waals surface area contributed by atoms with Crippen LogP contribution in [-0.4, -0.2) is 35.0 Å². The number of carboxylic acid groups (broad SMARTS) is 1. The summed E-state index contributed by atoms with van der Waals surface area (Å²) in [5.74, 6) is -0.522. The Morgan fingerprint density at radius 2 is 1.87 bits per heavy atom. The summed E-state index contributed by atoms with van der Waals surface area (Å²) < 4.78 is 0. The number of amides is 1. The monoisotopic (exact) mass is 317 g/mol. The summed E-state index contributed by atoms with van der Waals surface area (Å²) in [7, 11) is 0. The zero-order valence-electron chi connectivity index (χ0n) is 14.2. The lowest BCUT2D eigenvalue weighted by molar-refractivity contribution is -0.141. The topological polar surface area (TPSA) is 57.6 Å². The van der Waals surface area contributed by atoms with Crippen LogP contribution in [0, 0.1) is 17.8 Å². The Kier molecular flexibility index (Phi) is 5.80. The van der Waals surface area contributed by atoms with Gasteiger partial charge < -0.3 is 10.0 Å². The average Bonchev–Trinajstić information content (AvgIpc) is 2.98. The lowest BCUT2D eigenvalue weighted by atomic mass is 9.89. The fourth-order valence-electron chi connectivity index (χ4n) is 3.50.